The van der Waals surface area contributed by atoms with E-state index in [1.165, 1.54) is 6.92 Å². The summed E-state index contributed by atoms with van der Waals surface area (Å²) in [5.74, 6) is -0.116. The molecule has 60 valence electrons. The molecule has 0 aliphatic carbocycles. The SMILES string of the molecule is CC(=O)N[C@H](C)C(C)(C)O. The minimum absolute atomic E-state index is 0.116. The van der Waals surface area contributed by atoms with Crippen molar-refractivity contribution in [1.29, 1.82) is 0 Å². The van der Waals surface area contributed by atoms with Gasteiger partial charge in [-0.2, -0.15) is 0 Å². The van der Waals surface area contributed by atoms with Crippen molar-refractivity contribution in [2.24, 2.45) is 0 Å². The van der Waals surface area contributed by atoms with E-state index in [0.717, 1.165) is 0 Å². The highest BCUT2D eigenvalue weighted by Gasteiger charge is 2.22. The van der Waals surface area contributed by atoms with Crippen molar-refractivity contribution >= 4 is 5.91 Å². The Morgan fingerprint density at radius 2 is 2.00 bits per heavy atom. The summed E-state index contributed by atoms with van der Waals surface area (Å²) in [6.07, 6.45) is 0. The smallest absolute Gasteiger partial charge is 0.217 e. The van der Waals surface area contributed by atoms with Crippen LogP contribution >= 0.6 is 0 Å². The second kappa shape index (κ2) is 3.01. The molecule has 0 saturated carbocycles. The van der Waals surface area contributed by atoms with Crippen LogP contribution in [-0.2, 0) is 4.79 Å². The first-order chi connectivity index (χ1) is 4.34. The number of nitrogens with one attached hydrogen (secondary N) is 1. The molecule has 2 N–H and O–H groups in total. The van der Waals surface area contributed by atoms with Crippen molar-refractivity contribution < 1.29 is 9.90 Å². The van der Waals surface area contributed by atoms with E-state index in [2.05, 4.69) is 5.32 Å². The van der Waals surface area contributed by atoms with Gasteiger partial charge in [0.1, 0.15) is 0 Å². The molecule has 1 amide bonds. The van der Waals surface area contributed by atoms with Gasteiger partial charge in [-0.05, 0) is 20.8 Å². The van der Waals surface area contributed by atoms with Gasteiger partial charge in [-0.1, -0.05) is 0 Å². The number of rotatable bonds is 2. The molecular formula is C7H15NO2. The lowest BCUT2D eigenvalue weighted by Crippen LogP contribution is -2.46. The number of amides is 1. The maximum absolute atomic E-state index is 10.5. The van der Waals surface area contributed by atoms with Crippen molar-refractivity contribution in [3.8, 4) is 0 Å². The van der Waals surface area contributed by atoms with Crippen LogP contribution in [0.4, 0.5) is 0 Å². The molecule has 3 nitrogen and oxygen atoms in total. The summed E-state index contributed by atoms with van der Waals surface area (Å²) in [6.45, 7) is 6.52. The zero-order valence-electron chi connectivity index (χ0n) is 6.93. The quantitative estimate of drug-likeness (QED) is 0.586. The molecule has 0 heterocycles. The molecule has 1 atom stereocenters. The number of carbonyl (C=O) groups excluding carboxylic acids is 1. The number of hydrogen-bond donors (Lipinski definition) is 2. The predicted molar refractivity (Wildman–Crippen MR) is 39.6 cm³/mol. The van der Waals surface area contributed by atoms with Gasteiger partial charge < -0.3 is 10.4 Å². The summed E-state index contributed by atoms with van der Waals surface area (Å²) in [7, 11) is 0. The minimum atomic E-state index is -0.842. The first kappa shape index (κ1) is 9.43. The van der Waals surface area contributed by atoms with E-state index in [0.29, 0.717) is 0 Å². The molecule has 10 heavy (non-hydrogen) atoms. The summed E-state index contributed by atoms with van der Waals surface area (Å²) < 4.78 is 0. The van der Waals surface area contributed by atoms with Gasteiger partial charge in [-0.3, -0.25) is 4.79 Å². The summed E-state index contributed by atoms with van der Waals surface area (Å²) in [5, 5.41) is 11.9. The fraction of sp³-hybridized carbons (Fsp3) is 0.857. The molecule has 0 fully saturated rings. The number of carbonyl (C=O) groups is 1. The van der Waals surface area contributed by atoms with Crippen molar-refractivity contribution in [1.82, 2.24) is 5.32 Å². The summed E-state index contributed by atoms with van der Waals surface area (Å²) in [4.78, 5) is 10.5. The van der Waals surface area contributed by atoms with Gasteiger partial charge in [0.05, 0.1) is 11.6 Å². The third-order valence-electron chi connectivity index (χ3n) is 1.48. The monoisotopic (exact) mass is 145 g/mol. The molecular weight excluding hydrogens is 130 g/mol. The molecule has 0 aliphatic heterocycles. The maximum atomic E-state index is 10.5. The van der Waals surface area contributed by atoms with Gasteiger partial charge in [0, 0.05) is 6.92 Å². The molecule has 0 radical (unpaired) electrons. The zero-order valence-corrected chi connectivity index (χ0v) is 6.93. The summed E-state index contributed by atoms with van der Waals surface area (Å²) >= 11 is 0. The third-order valence-corrected chi connectivity index (χ3v) is 1.48. The lowest BCUT2D eigenvalue weighted by atomic mass is 10.0. The third kappa shape index (κ3) is 3.45. The second-order valence-corrected chi connectivity index (χ2v) is 3.08. The molecule has 0 aliphatic rings. The average Bonchev–Trinajstić information content (AvgIpc) is 1.60. The standard InChI is InChI=1S/C7H15NO2/c1-5(7(3,4)10)8-6(2)9/h5,10H,1-4H3,(H,8,9)/t5-/m1/s1. The van der Waals surface area contributed by atoms with Gasteiger partial charge >= 0.3 is 0 Å². The minimum Gasteiger partial charge on any atom is -0.388 e. The molecule has 0 aromatic heterocycles. The van der Waals surface area contributed by atoms with E-state index < -0.39 is 5.60 Å². The van der Waals surface area contributed by atoms with Gasteiger partial charge in [0.25, 0.3) is 0 Å². The lowest BCUT2D eigenvalue weighted by Gasteiger charge is -2.25. The van der Waals surface area contributed by atoms with Crippen LogP contribution in [0.25, 0.3) is 0 Å². The molecule has 0 aromatic carbocycles. The highest BCUT2D eigenvalue weighted by molar-refractivity contribution is 5.73. The van der Waals surface area contributed by atoms with Crippen molar-refractivity contribution in [2.45, 2.75) is 39.3 Å². The Balaban J connectivity index is 3.85. The molecule has 0 spiro atoms. The van der Waals surface area contributed by atoms with Gasteiger partial charge in [-0.25, -0.2) is 0 Å². The largest absolute Gasteiger partial charge is 0.388 e. The van der Waals surface area contributed by atoms with Crippen molar-refractivity contribution in [3.63, 3.8) is 0 Å². The molecule has 0 rings (SSSR count). The van der Waals surface area contributed by atoms with Crippen LogP contribution in [0.1, 0.15) is 27.7 Å². The number of aliphatic hydroxyl groups is 1. The van der Waals surface area contributed by atoms with E-state index in [-0.39, 0.29) is 11.9 Å². The number of hydrogen-bond acceptors (Lipinski definition) is 2. The van der Waals surface area contributed by atoms with Crippen LogP contribution in [0.5, 0.6) is 0 Å². The van der Waals surface area contributed by atoms with Crippen LogP contribution in [-0.4, -0.2) is 22.7 Å². The fourth-order valence-corrected chi connectivity index (χ4v) is 0.482. The van der Waals surface area contributed by atoms with Crippen LogP contribution in [0, 0.1) is 0 Å². The van der Waals surface area contributed by atoms with Crippen molar-refractivity contribution in [2.75, 3.05) is 0 Å². The maximum Gasteiger partial charge on any atom is 0.217 e. The van der Waals surface area contributed by atoms with Crippen LogP contribution < -0.4 is 5.32 Å². The summed E-state index contributed by atoms with van der Waals surface area (Å²) in [6, 6.07) is -0.204. The van der Waals surface area contributed by atoms with E-state index >= 15 is 0 Å². The zero-order chi connectivity index (χ0) is 8.36. The molecule has 0 bridgehead atoms. The van der Waals surface area contributed by atoms with Gasteiger partial charge in [0.2, 0.25) is 5.91 Å². The summed E-state index contributed by atoms with van der Waals surface area (Å²) in [5.41, 5.74) is -0.842. The van der Waals surface area contributed by atoms with Gasteiger partial charge in [0.15, 0.2) is 0 Å². The van der Waals surface area contributed by atoms with Crippen LogP contribution in [0.2, 0.25) is 0 Å². The second-order valence-electron chi connectivity index (χ2n) is 3.08. The molecule has 0 saturated heterocycles. The Hall–Kier alpha value is -0.570. The Morgan fingerprint density at radius 1 is 1.60 bits per heavy atom. The lowest BCUT2D eigenvalue weighted by molar-refractivity contribution is -0.121. The van der Waals surface area contributed by atoms with E-state index in [1.807, 2.05) is 0 Å². The highest BCUT2D eigenvalue weighted by Crippen LogP contribution is 2.06. The molecule has 0 unspecified atom stereocenters. The van der Waals surface area contributed by atoms with E-state index in [1.54, 1.807) is 20.8 Å². The Kier molecular flexibility index (Phi) is 2.84. The van der Waals surface area contributed by atoms with Crippen LogP contribution in [0.3, 0.4) is 0 Å². The first-order valence-electron chi connectivity index (χ1n) is 3.33. The van der Waals surface area contributed by atoms with E-state index in [9.17, 15) is 9.90 Å². The Bertz CT molecular complexity index is 126. The topological polar surface area (TPSA) is 49.3 Å². The molecule has 3 heteroatoms. The van der Waals surface area contributed by atoms with Gasteiger partial charge in [-0.15, -0.1) is 0 Å². The Morgan fingerprint density at radius 3 is 2.10 bits per heavy atom. The Labute approximate surface area is 61.4 Å². The average molecular weight is 145 g/mol. The van der Waals surface area contributed by atoms with E-state index in [4.69, 9.17) is 0 Å². The van der Waals surface area contributed by atoms with Crippen molar-refractivity contribution in [3.05, 3.63) is 0 Å². The highest BCUT2D eigenvalue weighted by atomic mass is 16.3. The normalized spacial score (nSPS) is 14.5. The van der Waals surface area contributed by atoms with Crippen LogP contribution in [0.15, 0.2) is 0 Å². The predicted octanol–water partition coefficient (Wildman–Crippen LogP) is 0.282. The molecule has 0 aromatic rings. The first-order valence-corrected chi connectivity index (χ1v) is 3.33. The fourth-order valence-electron chi connectivity index (χ4n) is 0.482.